The number of hydrogen-bond donors (Lipinski definition) is 5. The average Bonchev–Trinajstić information content (AvgIpc) is 3.01. The van der Waals surface area contributed by atoms with Crippen molar-refractivity contribution in [3.05, 3.63) is 70.5 Å². The van der Waals surface area contributed by atoms with Crippen molar-refractivity contribution in [1.82, 2.24) is 15.3 Å². The minimum atomic E-state index is -1.03. The lowest BCUT2D eigenvalue weighted by molar-refractivity contribution is -0.933. The van der Waals surface area contributed by atoms with Crippen LogP contribution < -0.4 is 38.7 Å². The topological polar surface area (TPSA) is 200 Å². The van der Waals surface area contributed by atoms with Crippen molar-refractivity contribution < 1.29 is 51.0 Å². The predicted molar refractivity (Wildman–Crippen MR) is 172 cm³/mol. The number of aliphatic carboxylic acids is 2. The standard InChI is InChI=1S/C32H39ClN6O7.ClH/c33-29-31(35)38-30(34)28(37-29)32(44)36-23-10-5-15-39(18-23,13-3-8-21-6-1-11-24(16-21)45-19-26(40)41)14-4-9-22-7-2-12-25(17-22)46-20-27(42)43;/h1-2,6-7,11-12,16-17,23H,3-5,8-10,13-15,18-20H2,(H6-,34,35,36,38,40,41,42,43,44);1H. The fourth-order valence-corrected chi connectivity index (χ4v) is 6.06. The number of aryl methyl sites for hydroxylation is 2. The van der Waals surface area contributed by atoms with Crippen LogP contribution in [0.1, 0.15) is 47.3 Å². The van der Waals surface area contributed by atoms with Crippen LogP contribution in [0.2, 0.25) is 5.15 Å². The number of benzene rings is 2. The molecule has 0 aliphatic carbocycles. The Bertz CT molecular complexity index is 1480. The molecule has 254 valence electrons. The molecule has 7 N–H and O–H groups in total. The summed E-state index contributed by atoms with van der Waals surface area (Å²) in [6.45, 7) is 2.60. The molecule has 47 heavy (non-hydrogen) atoms. The van der Waals surface area contributed by atoms with Gasteiger partial charge in [0.05, 0.1) is 32.2 Å². The molecule has 0 bridgehead atoms. The van der Waals surface area contributed by atoms with Crippen molar-refractivity contribution >= 4 is 41.1 Å². The number of nitrogens with one attached hydrogen (secondary N) is 1. The number of halogens is 2. The number of nitrogen functional groups attached to an aromatic ring is 2. The third-order valence-electron chi connectivity index (χ3n) is 7.97. The number of piperidine rings is 1. The Hall–Kier alpha value is -4.33. The summed E-state index contributed by atoms with van der Waals surface area (Å²) in [5.41, 5.74) is 13.6. The highest BCUT2D eigenvalue weighted by Gasteiger charge is 2.35. The summed E-state index contributed by atoms with van der Waals surface area (Å²) in [6.07, 6.45) is 5.00. The van der Waals surface area contributed by atoms with Crippen LogP contribution in [0.5, 0.6) is 11.5 Å². The summed E-state index contributed by atoms with van der Waals surface area (Å²) in [5.74, 6) is -1.60. The molecule has 1 atom stereocenters. The fourth-order valence-electron chi connectivity index (χ4n) is 5.93. The largest absolute Gasteiger partial charge is 1.00 e. The molecule has 4 rings (SSSR count). The SMILES string of the molecule is Nc1nc(N)c(C(=O)NC2CCC[N+](CCCc3cccc(OCC(=O)O)c3)(CCCc3cccc(OCC(=O)O)c3)C2)nc1Cl.[Cl-]. The number of ether oxygens (including phenoxy) is 2. The highest BCUT2D eigenvalue weighted by molar-refractivity contribution is 6.31. The van der Waals surface area contributed by atoms with E-state index >= 15 is 0 Å². The van der Waals surface area contributed by atoms with Crippen LogP contribution in [-0.2, 0) is 22.4 Å². The number of anilines is 2. The van der Waals surface area contributed by atoms with E-state index in [0.29, 0.717) is 18.0 Å². The third-order valence-corrected chi connectivity index (χ3v) is 8.24. The molecule has 1 amide bonds. The molecule has 3 aromatic rings. The lowest BCUT2D eigenvalue weighted by Gasteiger charge is -2.45. The number of carboxylic acid groups (broad SMARTS) is 2. The Morgan fingerprint density at radius 3 is 1.98 bits per heavy atom. The van der Waals surface area contributed by atoms with Crippen molar-refractivity contribution in [3.63, 3.8) is 0 Å². The number of amides is 1. The van der Waals surface area contributed by atoms with Gasteiger partial charge in [-0.2, -0.15) is 0 Å². The summed E-state index contributed by atoms with van der Waals surface area (Å²) in [6, 6.07) is 14.8. The summed E-state index contributed by atoms with van der Waals surface area (Å²) in [5, 5.41) is 20.9. The summed E-state index contributed by atoms with van der Waals surface area (Å²) in [7, 11) is 0. The number of nitrogens with zero attached hydrogens (tertiary/aromatic N) is 3. The van der Waals surface area contributed by atoms with E-state index in [0.717, 1.165) is 73.8 Å². The fraction of sp³-hybridized carbons (Fsp3) is 0.406. The van der Waals surface area contributed by atoms with Crippen LogP contribution in [0, 0.1) is 0 Å². The minimum absolute atomic E-state index is 0. The van der Waals surface area contributed by atoms with E-state index in [1.807, 2.05) is 36.4 Å². The van der Waals surface area contributed by atoms with Gasteiger partial charge in [-0.05, 0) is 61.1 Å². The third kappa shape index (κ3) is 11.5. The number of aromatic nitrogens is 2. The zero-order valence-corrected chi connectivity index (χ0v) is 27.4. The molecule has 2 heterocycles. The Morgan fingerprint density at radius 1 is 0.894 bits per heavy atom. The molecular formula is C32H40Cl2N6O7. The molecule has 1 aliphatic rings. The lowest BCUT2D eigenvalue weighted by atomic mass is 9.99. The van der Waals surface area contributed by atoms with E-state index in [1.165, 1.54) is 0 Å². The number of likely N-dealkylation sites (tertiary alicyclic amines) is 1. The van der Waals surface area contributed by atoms with Crippen LogP contribution in [0.4, 0.5) is 11.6 Å². The van der Waals surface area contributed by atoms with E-state index in [-0.39, 0.29) is 40.9 Å². The molecule has 0 radical (unpaired) electrons. The lowest BCUT2D eigenvalue weighted by Crippen LogP contribution is -3.00. The van der Waals surface area contributed by atoms with Gasteiger partial charge in [-0.3, -0.25) is 4.79 Å². The van der Waals surface area contributed by atoms with E-state index in [1.54, 1.807) is 12.1 Å². The maximum atomic E-state index is 13.2. The maximum Gasteiger partial charge on any atom is 0.341 e. The molecule has 0 spiro atoms. The second-order valence-corrected chi connectivity index (χ2v) is 11.9. The van der Waals surface area contributed by atoms with Gasteiger partial charge in [-0.15, -0.1) is 0 Å². The Morgan fingerprint density at radius 2 is 1.45 bits per heavy atom. The molecule has 2 aromatic carbocycles. The van der Waals surface area contributed by atoms with Crippen LogP contribution >= 0.6 is 11.6 Å². The first kappa shape index (κ1) is 37.1. The smallest absolute Gasteiger partial charge is 0.341 e. The normalized spacial score (nSPS) is 15.2. The van der Waals surface area contributed by atoms with Gasteiger partial charge in [0.2, 0.25) is 0 Å². The Kier molecular flexibility index (Phi) is 13.9. The second kappa shape index (κ2) is 17.5. The van der Waals surface area contributed by atoms with Gasteiger partial charge >= 0.3 is 11.9 Å². The van der Waals surface area contributed by atoms with Gasteiger partial charge in [0.1, 0.15) is 11.5 Å². The molecule has 1 fully saturated rings. The first-order valence-electron chi connectivity index (χ1n) is 15.1. The number of carbonyl (C=O) groups excluding carboxylic acids is 1. The highest BCUT2D eigenvalue weighted by Crippen LogP contribution is 2.25. The Balaban J connectivity index is 0.00000600. The molecule has 15 heteroatoms. The van der Waals surface area contributed by atoms with Gasteiger partial charge in [-0.1, -0.05) is 35.9 Å². The van der Waals surface area contributed by atoms with Gasteiger partial charge < -0.3 is 53.4 Å². The molecular weight excluding hydrogens is 651 g/mol. The quantitative estimate of drug-likeness (QED) is 0.129. The first-order chi connectivity index (χ1) is 22.0. The molecule has 13 nitrogen and oxygen atoms in total. The van der Waals surface area contributed by atoms with Crippen molar-refractivity contribution in [2.24, 2.45) is 0 Å². The van der Waals surface area contributed by atoms with Gasteiger partial charge in [0.25, 0.3) is 5.91 Å². The van der Waals surface area contributed by atoms with Crippen molar-refractivity contribution in [2.45, 2.75) is 44.6 Å². The second-order valence-electron chi connectivity index (χ2n) is 11.5. The summed E-state index contributed by atoms with van der Waals surface area (Å²) >= 11 is 6.01. The number of quaternary nitrogens is 1. The van der Waals surface area contributed by atoms with Crippen LogP contribution in [0.3, 0.4) is 0 Å². The highest BCUT2D eigenvalue weighted by atomic mass is 35.5. The molecule has 1 unspecified atom stereocenters. The maximum absolute atomic E-state index is 13.2. The van der Waals surface area contributed by atoms with E-state index < -0.39 is 31.1 Å². The summed E-state index contributed by atoms with van der Waals surface area (Å²) < 4.78 is 11.5. The number of nitrogens with two attached hydrogens (primary N) is 2. The molecule has 1 aromatic heterocycles. The van der Waals surface area contributed by atoms with Crippen molar-refractivity contribution in [2.75, 3.05) is 50.9 Å². The van der Waals surface area contributed by atoms with E-state index in [9.17, 15) is 14.4 Å². The zero-order chi connectivity index (χ0) is 33.1. The van der Waals surface area contributed by atoms with Gasteiger partial charge in [-0.25, -0.2) is 19.6 Å². The van der Waals surface area contributed by atoms with Crippen molar-refractivity contribution in [1.29, 1.82) is 0 Å². The molecule has 1 aliphatic heterocycles. The minimum Gasteiger partial charge on any atom is -1.00 e. The monoisotopic (exact) mass is 690 g/mol. The van der Waals surface area contributed by atoms with Crippen LogP contribution in [0.25, 0.3) is 0 Å². The number of carbonyl (C=O) groups is 3. The summed E-state index contributed by atoms with van der Waals surface area (Å²) in [4.78, 5) is 42.9. The first-order valence-corrected chi connectivity index (χ1v) is 15.5. The van der Waals surface area contributed by atoms with Crippen molar-refractivity contribution in [3.8, 4) is 11.5 Å². The molecule has 1 saturated heterocycles. The predicted octanol–water partition coefficient (Wildman–Crippen LogP) is 0.200. The number of carboxylic acids is 2. The zero-order valence-electron chi connectivity index (χ0n) is 25.9. The number of hydrogen-bond acceptors (Lipinski definition) is 9. The van der Waals surface area contributed by atoms with Gasteiger partial charge in [0.15, 0.2) is 35.7 Å². The van der Waals surface area contributed by atoms with Crippen LogP contribution in [0.15, 0.2) is 48.5 Å². The van der Waals surface area contributed by atoms with E-state index in [4.69, 9.17) is 42.8 Å². The van der Waals surface area contributed by atoms with Crippen LogP contribution in [-0.4, -0.2) is 87.9 Å². The van der Waals surface area contributed by atoms with E-state index in [2.05, 4.69) is 15.3 Å². The average molecular weight is 692 g/mol. The molecule has 0 saturated carbocycles. The number of rotatable bonds is 16. The Labute approximate surface area is 284 Å². The van der Waals surface area contributed by atoms with Gasteiger partial charge in [0, 0.05) is 12.8 Å².